The van der Waals surface area contributed by atoms with Gasteiger partial charge in [0.15, 0.2) is 8.32 Å². The third-order valence-corrected chi connectivity index (χ3v) is 7.81. The summed E-state index contributed by atoms with van der Waals surface area (Å²) in [6, 6.07) is 1.10. The number of carbonyl (C=O) groups is 1. The normalized spacial score (nSPS) is 13.3. The molecule has 0 spiro atoms. The van der Waals surface area contributed by atoms with Gasteiger partial charge in [-0.2, -0.15) is 0 Å². The number of hydrogen-bond acceptors (Lipinski definition) is 3. The van der Waals surface area contributed by atoms with E-state index in [2.05, 4.69) is 19.6 Å². The van der Waals surface area contributed by atoms with Crippen molar-refractivity contribution in [2.45, 2.75) is 59.3 Å². The molecule has 102 valence electrons. The second kappa shape index (κ2) is 7.33. The maximum absolute atomic E-state index is 11.7. The van der Waals surface area contributed by atoms with Crippen molar-refractivity contribution in [3.05, 3.63) is 0 Å². The average molecular weight is 277 g/mol. The van der Waals surface area contributed by atoms with Crippen molar-refractivity contribution in [3.8, 4) is 0 Å². The highest BCUT2D eigenvalue weighted by Gasteiger charge is 2.26. The van der Waals surface area contributed by atoms with Gasteiger partial charge in [0.25, 0.3) is 0 Å². The van der Waals surface area contributed by atoms with Gasteiger partial charge in [0.05, 0.1) is 12.0 Å². The van der Waals surface area contributed by atoms with Crippen molar-refractivity contribution in [3.63, 3.8) is 0 Å². The van der Waals surface area contributed by atoms with E-state index in [0.717, 1.165) is 18.9 Å². The highest BCUT2D eigenvalue weighted by Crippen LogP contribution is 2.21. The van der Waals surface area contributed by atoms with E-state index < -0.39 is 18.1 Å². The van der Waals surface area contributed by atoms with E-state index in [0.29, 0.717) is 6.61 Å². The highest BCUT2D eigenvalue weighted by atomic mass is 28.4. The molecule has 0 aromatic rings. The van der Waals surface area contributed by atoms with Crippen molar-refractivity contribution in [1.82, 2.24) is 0 Å². The van der Waals surface area contributed by atoms with Crippen LogP contribution in [0.4, 0.5) is 0 Å². The summed E-state index contributed by atoms with van der Waals surface area (Å²) in [5.74, 6) is -0.0761. The Morgan fingerprint density at radius 2 is 1.88 bits per heavy atom. The predicted molar refractivity (Wildman–Crippen MR) is 77.4 cm³/mol. The molecule has 0 saturated carbocycles. The van der Waals surface area contributed by atoms with Crippen LogP contribution in [0.1, 0.15) is 33.6 Å². The zero-order valence-electron chi connectivity index (χ0n) is 12.3. The van der Waals surface area contributed by atoms with Crippen LogP contribution in [0, 0.1) is 5.41 Å². The molecule has 0 rings (SSSR count). The van der Waals surface area contributed by atoms with Crippen molar-refractivity contribution in [2.75, 3.05) is 6.61 Å². The first-order valence-corrected chi connectivity index (χ1v) is 11.5. The minimum Gasteiger partial charge on any atom is -0.465 e. The number of rotatable bonds is 8. The molecule has 17 heavy (non-hydrogen) atoms. The quantitative estimate of drug-likeness (QED) is 0.388. The van der Waals surface area contributed by atoms with Crippen LogP contribution in [0.3, 0.4) is 0 Å². The lowest BCUT2D eigenvalue weighted by Gasteiger charge is -2.20. The molecule has 5 heteroatoms. The monoisotopic (exact) mass is 276 g/mol. The van der Waals surface area contributed by atoms with Crippen LogP contribution in [0.25, 0.3) is 0 Å². The van der Waals surface area contributed by atoms with E-state index in [1.54, 1.807) is 0 Å². The van der Waals surface area contributed by atoms with E-state index in [1.807, 2.05) is 20.8 Å². The van der Waals surface area contributed by atoms with Gasteiger partial charge in [-0.1, -0.05) is 6.92 Å². The van der Waals surface area contributed by atoms with Crippen molar-refractivity contribution < 1.29 is 13.6 Å². The van der Waals surface area contributed by atoms with E-state index in [-0.39, 0.29) is 11.4 Å². The fourth-order valence-corrected chi connectivity index (χ4v) is 4.52. The van der Waals surface area contributed by atoms with Crippen LogP contribution in [-0.4, -0.2) is 30.7 Å². The van der Waals surface area contributed by atoms with Crippen molar-refractivity contribution in [2.24, 2.45) is 5.41 Å². The van der Waals surface area contributed by atoms with Gasteiger partial charge in [0.2, 0.25) is 0 Å². The predicted octanol–water partition coefficient (Wildman–Crippen LogP) is 2.71. The number of esters is 1. The zero-order valence-corrected chi connectivity index (χ0v) is 14.7. The molecule has 0 fully saturated rings. The van der Waals surface area contributed by atoms with Gasteiger partial charge < -0.3 is 8.85 Å². The molecule has 0 saturated heterocycles. The van der Waals surface area contributed by atoms with Gasteiger partial charge >= 0.3 is 5.97 Å². The van der Waals surface area contributed by atoms with Crippen LogP contribution >= 0.6 is 0 Å². The largest absolute Gasteiger partial charge is 0.465 e. The topological polar surface area (TPSA) is 35.5 Å². The summed E-state index contributed by atoms with van der Waals surface area (Å²) in [6.07, 6.45) is 1.77. The average Bonchev–Trinajstić information content (AvgIpc) is 2.21. The molecule has 0 bridgehead atoms. The van der Waals surface area contributed by atoms with Gasteiger partial charge in [-0.05, 0) is 52.4 Å². The molecule has 0 heterocycles. The molecular formula is C12H28O3Si2. The first kappa shape index (κ1) is 16.9. The van der Waals surface area contributed by atoms with Crippen LogP contribution in [0.5, 0.6) is 0 Å². The molecule has 0 atom stereocenters. The second-order valence-corrected chi connectivity index (χ2v) is 12.5. The smallest absolute Gasteiger partial charge is 0.311 e. The lowest BCUT2D eigenvalue weighted by Crippen LogP contribution is -2.28. The van der Waals surface area contributed by atoms with Crippen LogP contribution in [0.2, 0.25) is 25.7 Å². The van der Waals surface area contributed by atoms with Gasteiger partial charge in [-0.25, -0.2) is 0 Å². The lowest BCUT2D eigenvalue weighted by molar-refractivity contribution is -0.154. The maximum atomic E-state index is 11.7. The van der Waals surface area contributed by atoms with E-state index in [9.17, 15) is 4.79 Å². The first-order valence-electron chi connectivity index (χ1n) is 6.50. The summed E-state index contributed by atoms with van der Waals surface area (Å²) in [5.41, 5.74) is -0.341. The summed E-state index contributed by atoms with van der Waals surface area (Å²) in [4.78, 5) is 11.7. The van der Waals surface area contributed by atoms with Gasteiger partial charge in [0.1, 0.15) is 9.76 Å². The standard InChI is InChI=1S/C12H28O3Si2/c1-7-12(2,3)11(13)14-9-8-10-16-15-17(4,5)6/h7-10,16H2,1-6H3. The molecule has 0 amide bonds. The third-order valence-electron chi connectivity index (χ3n) is 2.74. The summed E-state index contributed by atoms with van der Waals surface area (Å²) < 4.78 is 11.1. The van der Waals surface area contributed by atoms with E-state index in [1.165, 1.54) is 0 Å². The minimum atomic E-state index is -1.32. The molecule has 0 aliphatic rings. The molecule has 0 unspecified atom stereocenters. The minimum absolute atomic E-state index is 0.0761. The highest BCUT2D eigenvalue weighted by molar-refractivity contribution is 6.73. The Bertz CT molecular complexity index is 234. The van der Waals surface area contributed by atoms with E-state index in [4.69, 9.17) is 8.85 Å². The summed E-state index contributed by atoms with van der Waals surface area (Å²) >= 11 is 0. The summed E-state index contributed by atoms with van der Waals surface area (Å²) in [5, 5.41) is 0. The van der Waals surface area contributed by atoms with Crippen molar-refractivity contribution >= 4 is 24.0 Å². The van der Waals surface area contributed by atoms with Crippen LogP contribution in [-0.2, 0) is 13.6 Å². The summed E-state index contributed by atoms with van der Waals surface area (Å²) in [7, 11) is -1.73. The molecule has 0 aliphatic carbocycles. The summed E-state index contributed by atoms with van der Waals surface area (Å²) in [6.45, 7) is 13.1. The molecular weight excluding hydrogens is 248 g/mol. The molecule has 0 aromatic heterocycles. The third kappa shape index (κ3) is 8.57. The number of ether oxygens (including phenoxy) is 1. The number of carbonyl (C=O) groups excluding carboxylic acids is 1. The Morgan fingerprint density at radius 1 is 1.29 bits per heavy atom. The van der Waals surface area contributed by atoms with Gasteiger partial charge in [-0.3, -0.25) is 4.79 Å². The maximum Gasteiger partial charge on any atom is 0.311 e. The Kier molecular flexibility index (Phi) is 7.27. The lowest BCUT2D eigenvalue weighted by atomic mass is 9.91. The fourth-order valence-electron chi connectivity index (χ4n) is 1.09. The zero-order chi connectivity index (χ0) is 13.5. The molecule has 3 nitrogen and oxygen atoms in total. The van der Waals surface area contributed by atoms with Crippen LogP contribution < -0.4 is 0 Å². The van der Waals surface area contributed by atoms with E-state index >= 15 is 0 Å². The Balaban J connectivity index is 3.56. The first-order chi connectivity index (χ1) is 7.69. The van der Waals surface area contributed by atoms with Gasteiger partial charge in [0, 0.05) is 0 Å². The number of hydrogen-bond donors (Lipinski definition) is 0. The van der Waals surface area contributed by atoms with Gasteiger partial charge in [-0.15, -0.1) is 0 Å². The van der Waals surface area contributed by atoms with Crippen molar-refractivity contribution in [1.29, 1.82) is 0 Å². The molecule has 0 N–H and O–H groups in total. The second-order valence-electron chi connectivity index (χ2n) is 6.04. The molecule has 0 aromatic carbocycles. The Morgan fingerprint density at radius 3 is 2.35 bits per heavy atom. The fraction of sp³-hybridized carbons (Fsp3) is 0.917. The Labute approximate surface area is 109 Å². The Hall–Kier alpha value is -0.136. The molecule has 0 aliphatic heterocycles. The molecule has 0 radical (unpaired) electrons. The van der Waals surface area contributed by atoms with Crippen LogP contribution in [0.15, 0.2) is 0 Å². The SMILES string of the molecule is CCC(C)(C)C(=O)OCCC[SiH2]O[Si](C)(C)C.